The van der Waals surface area contributed by atoms with E-state index in [0.29, 0.717) is 5.82 Å². The molecule has 0 unspecified atom stereocenters. The van der Waals surface area contributed by atoms with Crippen LogP contribution in [0.5, 0.6) is 0 Å². The van der Waals surface area contributed by atoms with Gasteiger partial charge in [0.25, 0.3) is 5.24 Å². The highest BCUT2D eigenvalue weighted by Crippen LogP contribution is 2.01. The number of rotatable bonds is 2. The summed E-state index contributed by atoms with van der Waals surface area (Å²) in [6, 6.07) is 0. The molecule has 1 aromatic rings. The SMILES string of the molecule is CNc1cnc(C(=O)Cl)cn1. The predicted octanol–water partition coefficient (Wildman–Crippen LogP) is 0.897. The van der Waals surface area contributed by atoms with Crippen LogP contribution < -0.4 is 5.32 Å². The molecule has 0 saturated carbocycles. The molecule has 0 aliphatic rings. The number of nitrogens with zero attached hydrogens (tertiary/aromatic N) is 2. The van der Waals surface area contributed by atoms with Crippen molar-refractivity contribution in [1.29, 1.82) is 0 Å². The third-order valence-electron chi connectivity index (χ3n) is 1.11. The summed E-state index contributed by atoms with van der Waals surface area (Å²) in [5, 5.41) is 2.17. The number of hydrogen-bond acceptors (Lipinski definition) is 4. The van der Waals surface area contributed by atoms with Crippen LogP contribution >= 0.6 is 11.6 Å². The Labute approximate surface area is 68.6 Å². The van der Waals surface area contributed by atoms with Gasteiger partial charge in [-0.3, -0.25) is 4.79 Å². The van der Waals surface area contributed by atoms with Gasteiger partial charge in [0.05, 0.1) is 12.4 Å². The van der Waals surface area contributed by atoms with Crippen LogP contribution in [-0.2, 0) is 0 Å². The third kappa shape index (κ3) is 1.88. The van der Waals surface area contributed by atoms with Crippen molar-refractivity contribution in [1.82, 2.24) is 9.97 Å². The fourth-order valence-electron chi connectivity index (χ4n) is 0.559. The van der Waals surface area contributed by atoms with Crippen molar-refractivity contribution in [3.63, 3.8) is 0 Å². The molecule has 0 amide bonds. The van der Waals surface area contributed by atoms with Gasteiger partial charge in [-0.2, -0.15) is 0 Å². The van der Waals surface area contributed by atoms with Gasteiger partial charge in [-0.25, -0.2) is 9.97 Å². The van der Waals surface area contributed by atoms with Crippen molar-refractivity contribution in [2.75, 3.05) is 12.4 Å². The molecule has 4 nitrogen and oxygen atoms in total. The van der Waals surface area contributed by atoms with Crippen molar-refractivity contribution in [3.05, 3.63) is 18.1 Å². The van der Waals surface area contributed by atoms with Gasteiger partial charge < -0.3 is 5.32 Å². The van der Waals surface area contributed by atoms with Crippen LogP contribution in [0.15, 0.2) is 12.4 Å². The van der Waals surface area contributed by atoms with Crippen molar-refractivity contribution in [3.8, 4) is 0 Å². The average molecular weight is 172 g/mol. The highest BCUT2D eigenvalue weighted by atomic mass is 35.5. The first-order valence-corrected chi connectivity index (χ1v) is 3.31. The third-order valence-corrected chi connectivity index (χ3v) is 1.30. The molecule has 1 aromatic heterocycles. The topological polar surface area (TPSA) is 54.9 Å². The minimum atomic E-state index is -0.597. The molecule has 5 heteroatoms. The quantitative estimate of drug-likeness (QED) is 0.672. The van der Waals surface area contributed by atoms with Crippen molar-refractivity contribution < 1.29 is 4.79 Å². The fourth-order valence-corrected chi connectivity index (χ4v) is 0.656. The molecule has 1 N–H and O–H groups in total. The van der Waals surface area contributed by atoms with Gasteiger partial charge in [-0.1, -0.05) is 0 Å². The summed E-state index contributed by atoms with van der Waals surface area (Å²) in [6.07, 6.45) is 2.76. The van der Waals surface area contributed by atoms with E-state index in [9.17, 15) is 4.79 Å². The molecule has 0 aliphatic heterocycles. The van der Waals surface area contributed by atoms with E-state index in [2.05, 4.69) is 15.3 Å². The van der Waals surface area contributed by atoms with Gasteiger partial charge in [0.1, 0.15) is 11.5 Å². The van der Waals surface area contributed by atoms with E-state index in [4.69, 9.17) is 11.6 Å². The molecule has 0 bridgehead atoms. The molecule has 1 rings (SSSR count). The Balaban J connectivity index is 2.91. The van der Waals surface area contributed by atoms with Gasteiger partial charge in [0.15, 0.2) is 0 Å². The number of carbonyl (C=O) groups excluding carboxylic acids is 1. The highest BCUT2D eigenvalue weighted by molar-refractivity contribution is 6.67. The zero-order valence-electron chi connectivity index (χ0n) is 5.84. The lowest BCUT2D eigenvalue weighted by Crippen LogP contribution is -1.98. The molecule has 0 aliphatic carbocycles. The van der Waals surface area contributed by atoms with Crippen LogP contribution in [0.3, 0.4) is 0 Å². The molecule has 0 radical (unpaired) electrons. The Morgan fingerprint density at radius 1 is 1.55 bits per heavy atom. The smallest absolute Gasteiger partial charge is 0.272 e. The molecule has 0 saturated heterocycles. The molecular formula is C6H6ClN3O. The predicted molar refractivity (Wildman–Crippen MR) is 41.8 cm³/mol. The van der Waals surface area contributed by atoms with Crippen molar-refractivity contribution in [2.45, 2.75) is 0 Å². The van der Waals surface area contributed by atoms with E-state index in [1.807, 2.05) is 0 Å². The van der Waals surface area contributed by atoms with Crippen LogP contribution in [0, 0.1) is 0 Å². The number of hydrogen-bond donors (Lipinski definition) is 1. The monoisotopic (exact) mass is 171 g/mol. The molecule has 0 atom stereocenters. The Bertz CT molecular complexity index is 259. The Morgan fingerprint density at radius 2 is 2.27 bits per heavy atom. The second-order valence-corrected chi connectivity index (χ2v) is 2.15. The summed E-state index contributed by atoms with van der Waals surface area (Å²) in [5.41, 5.74) is 0.158. The van der Waals surface area contributed by atoms with E-state index >= 15 is 0 Å². The number of anilines is 1. The van der Waals surface area contributed by atoms with Crippen LogP contribution in [0.2, 0.25) is 0 Å². The molecular weight excluding hydrogens is 166 g/mol. The molecule has 0 spiro atoms. The lowest BCUT2D eigenvalue weighted by molar-refractivity contribution is 0.107. The number of halogens is 1. The van der Waals surface area contributed by atoms with Gasteiger partial charge in [0, 0.05) is 7.05 Å². The molecule has 0 fully saturated rings. The first-order chi connectivity index (χ1) is 5.24. The summed E-state index contributed by atoms with van der Waals surface area (Å²) in [5.74, 6) is 0.603. The molecule has 1 heterocycles. The Hall–Kier alpha value is -1.16. The van der Waals surface area contributed by atoms with Crippen molar-refractivity contribution >= 4 is 22.7 Å². The van der Waals surface area contributed by atoms with E-state index in [0.717, 1.165) is 0 Å². The largest absolute Gasteiger partial charge is 0.372 e. The first-order valence-electron chi connectivity index (χ1n) is 2.93. The van der Waals surface area contributed by atoms with E-state index in [1.54, 1.807) is 7.05 Å². The second kappa shape index (κ2) is 3.30. The van der Waals surface area contributed by atoms with Crippen molar-refractivity contribution in [2.24, 2.45) is 0 Å². The summed E-state index contributed by atoms with van der Waals surface area (Å²) >= 11 is 5.14. The minimum Gasteiger partial charge on any atom is -0.372 e. The van der Waals surface area contributed by atoms with Crippen LogP contribution in [0.1, 0.15) is 10.5 Å². The normalized spacial score (nSPS) is 9.27. The number of nitrogens with one attached hydrogen (secondary N) is 1. The molecule has 0 aromatic carbocycles. The van der Waals surface area contributed by atoms with Gasteiger partial charge in [-0.15, -0.1) is 0 Å². The summed E-state index contributed by atoms with van der Waals surface area (Å²) in [4.78, 5) is 18.1. The maximum Gasteiger partial charge on any atom is 0.272 e. The standard InChI is InChI=1S/C6H6ClN3O/c1-8-5-3-9-4(2-10-5)6(7)11/h2-3H,1H3,(H,8,10). The number of aromatic nitrogens is 2. The maximum atomic E-state index is 10.5. The molecule has 11 heavy (non-hydrogen) atoms. The fraction of sp³-hybridized carbons (Fsp3) is 0.167. The lowest BCUT2D eigenvalue weighted by Gasteiger charge is -1.96. The Morgan fingerprint density at radius 3 is 2.64 bits per heavy atom. The zero-order chi connectivity index (χ0) is 8.27. The maximum absolute atomic E-state index is 10.5. The van der Waals surface area contributed by atoms with Gasteiger partial charge in [-0.05, 0) is 11.6 Å². The zero-order valence-corrected chi connectivity index (χ0v) is 6.59. The second-order valence-electron chi connectivity index (χ2n) is 1.81. The van der Waals surface area contributed by atoms with E-state index in [-0.39, 0.29) is 5.69 Å². The van der Waals surface area contributed by atoms with Gasteiger partial charge in [0.2, 0.25) is 0 Å². The summed E-state index contributed by atoms with van der Waals surface area (Å²) < 4.78 is 0. The highest BCUT2D eigenvalue weighted by Gasteiger charge is 2.02. The summed E-state index contributed by atoms with van der Waals surface area (Å²) in [6.45, 7) is 0. The van der Waals surface area contributed by atoms with E-state index < -0.39 is 5.24 Å². The average Bonchev–Trinajstić information content (AvgIpc) is 2.05. The van der Waals surface area contributed by atoms with E-state index in [1.165, 1.54) is 12.4 Å². The van der Waals surface area contributed by atoms with Crippen LogP contribution in [0.25, 0.3) is 0 Å². The van der Waals surface area contributed by atoms with Gasteiger partial charge >= 0.3 is 0 Å². The lowest BCUT2D eigenvalue weighted by atomic mass is 10.5. The Kier molecular flexibility index (Phi) is 2.38. The number of carbonyl (C=O) groups is 1. The van der Waals surface area contributed by atoms with Crippen LogP contribution in [0.4, 0.5) is 5.82 Å². The minimum absolute atomic E-state index is 0.158. The first kappa shape index (κ1) is 7.94. The van der Waals surface area contributed by atoms with Crippen LogP contribution in [-0.4, -0.2) is 22.3 Å². The summed E-state index contributed by atoms with van der Waals surface area (Å²) in [7, 11) is 1.71. The molecule has 58 valence electrons.